The zero-order valence-corrected chi connectivity index (χ0v) is 19.9. The van der Waals surface area contributed by atoms with E-state index in [-0.39, 0.29) is 0 Å². The number of halogens is 1. The molecule has 0 bridgehead atoms. The second kappa shape index (κ2) is 8.83. The molecule has 2 heterocycles. The van der Waals surface area contributed by atoms with E-state index in [0.717, 1.165) is 22.7 Å². The first-order valence-corrected chi connectivity index (χ1v) is 14.5. The van der Waals surface area contributed by atoms with Crippen LogP contribution in [0.3, 0.4) is 0 Å². The summed E-state index contributed by atoms with van der Waals surface area (Å²) in [5.74, 6) is 0.378. The van der Waals surface area contributed by atoms with Crippen LogP contribution in [0.1, 0.15) is 0 Å². The number of hydrogen-bond donors (Lipinski definition) is 1. The smallest absolute Gasteiger partial charge is 0.204 e. The fraction of sp³-hybridized carbons (Fsp3) is 0.250. The average molecular weight is 451 g/mol. The molecule has 5 nitrogen and oxygen atoms in total. The molecule has 0 saturated carbocycles. The molecule has 0 spiro atoms. The largest absolute Gasteiger partial charge is 0.369 e. The summed E-state index contributed by atoms with van der Waals surface area (Å²) in [6.45, 7) is 8.04. The molecule has 0 unspecified atom stereocenters. The fourth-order valence-electron chi connectivity index (χ4n) is 3.37. The van der Waals surface area contributed by atoms with E-state index in [1.165, 1.54) is 5.56 Å². The monoisotopic (exact) mass is 450 g/mol. The van der Waals surface area contributed by atoms with Crippen molar-refractivity contribution in [1.29, 1.82) is 0 Å². The Bertz CT molecular complexity index is 1180. The van der Waals surface area contributed by atoms with E-state index < -0.39 is 8.07 Å². The number of pyridine rings is 1. The van der Waals surface area contributed by atoms with Gasteiger partial charge in [-0.1, -0.05) is 85.8 Å². The van der Waals surface area contributed by atoms with E-state index in [4.69, 9.17) is 27.1 Å². The minimum atomic E-state index is -1.14. The van der Waals surface area contributed by atoms with Crippen LogP contribution in [0.15, 0.2) is 60.7 Å². The zero-order valence-electron chi connectivity index (χ0n) is 18.1. The van der Waals surface area contributed by atoms with E-state index in [0.29, 0.717) is 35.6 Å². The SMILES string of the molecule is C[Si](C)(C)CCOCn1c(N)nc2nc(-c3ccc(-c4ccccc4)cc3)c(Cl)cc21. The highest BCUT2D eigenvalue weighted by molar-refractivity contribution is 6.76. The lowest BCUT2D eigenvalue weighted by Gasteiger charge is -2.16. The maximum absolute atomic E-state index is 6.62. The predicted octanol–water partition coefficient (Wildman–Crippen LogP) is 6.31. The molecule has 0 fully saturated rings. The Morgan fingerprint density at radius 3 is 2.26 bits per heavy atom. The summed E-state index contributed by atoms with van der Waals surface area (Å²) in [4.78, 5) is 9.14. The van der Waals surface area contributed by atoms with Crippen molar-refractivity contribution in [1.82, 2.24) is 14.5 Å². The van der Waals surface area contributed by atoms with Gasteiger partial charge in [-0.15, -0.1) is 0 Å². The van der Waals surface area contributed by atoms with E-state index >= 15 is 0 Å². The van der Waals surface area contributed by atoms with Gasteiger partial charge < -0.3 is 10.5 Å². The summed E-state index contributed by atoms with van der Waals surface area (Å²) in [6.07, 6.45) is 0. The van der Waals surface area contributed by atoms with Gasteiger partial charge in [-0.05, 0) is 23.2 Å². The third-order valence-electron chi connectivity index (χ3n) is 5.21. The molecule has 160 valence electrons. The van der Waals surface area contributed by atoms with Gasteiger partial charge in [-0.3, -0.25) is 4.57 Å². The van der Waals surface area contributed by atoms with E-state index in [1.807, 2.05) is 41.0 Å². The van der Waals surface area contributed by atoms with Crippen molar-refractivity contribution in [2.75, 3.05) is 12.3 Å². The number of rotatable bonds is 7. The predicted molar refractivity (Wildman–Crippen MR) is 132 cm³/mol. The summed E-state index contributed by atoms with van der Waals surface area (Å²) in [5, 5.41) is 0.559. The lowest BCUT2D eigenvalue weighted by Crippen LogP contribution is -2.22. The third kappa shape index (κ3) is 4.98. The van der Waals surface area contributed by atoms with Gasteiger partial charge in [0.2, 0.25) is 5.95 Å². The van der Waals surface area contributed by atoms with Crippen LogP contribution in [-0.4, -0.2) is 29.2 Å². The Labute approximate surface area is 188 Å². The first-order valence-electron chi connectivity index (χ1n) is 10.4. The molecule has 2 aromatic heterocycles. The van der Waals surface area contributed by atoms with Crippen molar-refractivity contribution in [3.8, 4) is 22.4 Å². The Kier molecular flexibility index (Phi) is 6.14. The normalized spacial score (nSPS) is 11.9. The third-order valence-corrected chi connectivity index (χ3v) is 7.20. The Hall–Kier alpha value is -2.67. The summed E-state index contributed by atoms with van der Waals surface area (Å²) >= 11 is 6.62. The summed E-state index contributed by atoms with van der Waals surface area (Å²) in [5.41, 5.74) is 11.4. The van der Waals surface area contributed by atoms with Crippen LogP contribution in [0, 0.1) is 0 Å². The van der Waals surface area contributed by atoms with Crippen LogP contribution in [0.2, 0.25) is 30.7 Å². The van der Waals surface area contributed by atoms with Crippen molar-refractivity contribution in [2.24, 2.45) is 0 Å². The molecule has 4 aromatic rings. The standard InChI is InChI=1S/C24H27ClN4OSi/c1-31(2,3)14-13-30-16-29-21-15-20(25)22(27-23(21)28-24(29)26)19-11-9-18(10-12-19)17-7-5-4-6-8-17/h4-12,15H,13-14,16H2,1-3H3,(H2,26,27,28). The molecule has 2 aromatic carbocycles. The Morgan fingerprint density at radius 1 is 0.935 bits per heavy atom. The lowest BCUT2D eigenvalue weighted by molar-refractivity contribution is 0.0913. The van der Waals surface area contributed by atoms with E-state index in [2.05, 4.69) is 48.9 Å². The van der Waals surface area contributed by atoms with Crippen molar-refractivity contribution in [2.45, 2.75) is 32.4 Å². The number of fused-ring (bicyclic) bond motifs is 1. The molecule has 2 N–H and O–H groups in total. The van der Waals surface area contributed by atoms with E-state index in [1.54, 1.807) is 0 Å². The number of hydrogen-bond acceptors (Lipinski definition) is 4. The van der Waals surface area contributed by atoms with Crippen molar-refractivity contribution >= 4 is 36.8 Å². The maximum Gasteiger partial charge on any atom is 0.204 e. The highest BCUT2D eigenvalue weighted by Gasteiger charge is 2.16. The molecular formula is C24H27ClN4OSi. The van der Waals surface area contributed by atoms with Crippen LogP contribution in [0.25, 0.3) is 33.5 Å². The van der Waals surface area contributed by atoms with Gasteiger partial charge in [0.25, 0.3) is 0 Å². The summed E-state index contributed by atoms with van der Waals surface area (Å²) in [7, 11) is -1.14. The van der Waals surface area contributed by atoms with Crippen LogP contribution >= 0.6 is 11.6 Å². The second-order valence-corrected chi connectivity index (χ2v) is 14.9. The first-order chi connectivity index (χ1) is 14.8. The molecule has 4 rings (SSSR count). The van der Waals surface area contributed by atoms with Crippen molar-refractivity contribution < 1.29 is 4.74 Å². The molecule has 0 aliphatic rings. The van der Waals surface area contributed by atoms with Crippen LogP contribution in [0.5, 0.6) is 0 Å². The van der Waals surface area contributed by atoms with Gasteiger partial charge in [-0.25, -0.2) is 4.98 Å². The number of anilines is 1. The average Bonchev–Trinajstić information content (AvgIpc) is 3.05. The van der Waals surface area contributed by atoms with Crippen molar-refractivity contribution in [3.63, 3.8) is 0 Å². The molecule has 0 aliphatic heterocycles. The molecular weight excluding hydrogens is 424 g/mol. The zero-order chi connectivity index (χ0) is 22.0. The van der Waals surface area contributed by atoms with Crippen LogP contribution < -0.4 is 5.73 Å². The topological polar surface area (TPSA) is 66.0 Å². The number of nitrogens with zero attached hydrogens (tertiary/aromatic N) is 3. The molecule has 0 atom stereocenters. The second-order valence-electron chi connectivity index (χ2n) is 8.85. The molecule has 0 radical (unpaired) electrons. The highest BCUT2D eigenvalue weighted by atomic mass is 35.5. The van der Waals surface area contributed by atoms with Gasteiger partial charge in [0.15, 0.2) is 5.65 Å². The molecule has 0 saturated heterocycles. The number of aromatic nitrogens is 3. The number of benzene rings is 2. The number of imidazole rings is 1. The number of ether oxygens (including phenoxy) is 1. The fourth-order valence-corrected chi connectivity index (χ4v) is 4.38. The first kappa shape index (κ1) is 21.6. The molecule has 7 heteroatoms. The van der Waals surface area contributed by atoms with Crippen molar-refractivity contribution in [3.05, 3.63) is 65.7 Å². The van der Waals surface area contributed by atoms with Crippen LogP contribution in [0.4, 0.5) is 5.95 Å². The van der Waals surface area contributed by atoms with Gasteiger partial charge >= 0.3 is 0 Å². The van der Waals surface area contributed by atoms with Gasteiger partial charge in [0.1, 0.15) is 6.73 Å². The maximum atomic E-state index is 6.62. The lowest BCUT2D eigenvalue weighted by atomic mass is 10.0. The Balaban J connectivity index is 1.58. The number of nitrogens with two attached hydrogens (primary N) is 1. The van der Waals surface area contributed by atoms with Gasteiger partial charge in [0, 0.05) is 20.2 Å². The molecule has 31 heavy (non-hydrogen) atoms. The Morgan fingerprint density at radius 2 is 1.58 bits per heavy atom. The van der Waals surface area contributed by atoms with Crippen LogP contribution in [-0.2, 0) is 11.5 Å². The summed E-state index contributed by atoms with van der Waals surface area (Å²) in [6, 6.07) is 21.4. The molecule has 0 aliphatic carbocycles. The van der Waals surface area contributed by atoms with Gasteiger partial charge in [0.05, 0.1) is 16.2 Å². The minimum Gasteiger partial charge on any atom is -0.369 e. The minimum absolute atomic E-state index is 0.343. The molecule has 0 amide bonds. The number of nitrogen functional groups attached to an aromatic ring is 1. The quantitative estimate of drug-likeness (QED) is 0.264. The van der Waals surface area contributed by atoms with E-state index in [9.17, 15) is 0 Å². The van der Waals surface area contributed by atoms with Gasteiger partial charge in [-0.2, -0.15) is 4.98 Å². The summed E-state index contributed by atoms with van der Waals surface area (Å²) < 4.78 is 7.68. The highest BCUT2D eigenvalue weighted by Crippen LogP contribution is 2.31.